The van der Waals surface area contributed by atoms with E-state index < -0.39 is 5.97 Å². The van der Waals surface area contributed by atoms with Gasteiger partial charge in [-0.05, 0) is 90.3 Å². The predicted molar refractivity (Wildman–Crippen MR) is 168 cm³/mol. The average Bonchev–Trinajstić information content (AvgIpc) is 3.12. The van der Waals surface area contributed by atoms with Crippen LogP contribution in [0.4, 0.5) is 17.1 Å². The second kappa shape index (κ2) is 13.4. The molecule has 216 valence electrons. The minimum atomic E-state index is -0.857. The maximum Gasteiger partial charge on any atom is 0.303 e. The largest absolute Gasteiger partial charge is 0.491 e. The highest BCUT2D eigenvalue weighted by Crippen LogP contribution is 2.38. The molecular weight excluding hydrogens is 524 g/mol. The number of aliphatic carboxylic acids is 1. The highest BCUT2D eigenvalue weighted by molar-refractivity contribution is 6.05. The van der Waals surface area contributed by atoms with Crippen molar-refractivity contribution in [2.24, 2.45) is 5.92 Å². The molecule has 0 unspecified atom stereocenters. The number of amides is 1. The number of benzene rings is 4. The maximum absolute atomic E-state index is 13.4. The van der Waals surface area contributed by atoms with E-state index in [1.165, 1.54) is 22.4 Å². The molecule has 4 aromatic rings. The molecule has 5 rings (SSSR count). The second-order valence-electron chi connectivity index (χ2n) is 11.3. The third-order valence-electron chi connectivity index (χ3n) is 7.49. The van der Waals surface area contributed by atoms with Crippen LogP contribution in [0.15, 0.2) is 91.0 Å². The SMILES string of the molecule is CC(C)Cc1ccc2c(c1)CCc1cc(C(=O)Nc3ccccc3OCCCC(=O)O)ccc1N2Cc1ccccc1. The van der Waals surface area contributed by atoms with E-state index in [1.807, 2.05) is 30.3 Å². The number of para-hydroxylation sites is 2. The molecule has 1 amide bonds. The highest BCUT2D eigenvalue weighted by Gasteiger charge is 2.23. The summed E-state index contributed by atoms with van der Waals surface area (Å²) in [5.74, 6) is 0.0419. The number of aryl methyl sites for hydroxylation is 2. The van der Waals surface area contributed by atoms with Crippen molar-refractivity contribution in [3.63, 3.8) is 0 Å². The van der Waals surface area contributed by atoms with Gasteiger partial charge in [-0.15, -0.1) is 0 Å². The van der Waals surface area contributed by atoms with Gasteiger partial charge < -0.3 is 20.1 Å². The third-order valence-corrected chi connectivity index (χ3v) is 7.49. The van der Waals surface area contributed by atoms with Gasteiger partial charge in [0, 0.05) is 29.9 Å². The van der Waals surface area contributed by atoms with E-state index in [0.717, 1.165) is 37.1 Å². The van der Waals surface area contributed by atoms with E-state index in [1.54, 1.807) is 12.1 Å². The quantitative estimate of drug-likeness (QED) is 0.182. The second-order valence-corrected chi connectivity index (χ2v) is 11.3. The molecule has 0 saturated carbocycles. The Bertz CT molecular complexity index is 1550. The van der Waals surface area contributed by atoms with Crippen LogP contribution in [0, 0.1) is 5.92 Å². The third kappa shape index (κ3) is 7.19. The summed E-state index contributed by atoms with van der Waals surface area (Å²) < 4.78 is 5.79. The lowest BCUT2D eigenvalue weighted by atomic mass is 9.97. The van der Waals surface area contributed by atoms with Gasteiger partial charge in [0.2, 0.25) is 0 Å². The molecule has 6 nitrogen and oxygen atoms in total. The standard InChI is InChI=1S/C36H38N2O4/c1-25(2)21-27-14-18-32-28(22-27)15-16-29-23-30(17-19-33(29)38(32)24-26-9-4-3-5-10-26)36(41)37-31-11-6-7-12-34(31)42-20-8-13-35(39)40/h3-7,9-12,14,17-19,22-23,25H,8,13,15-16,20-21,24H2,1-2H3,(H,37,41)(H,39,40). The molecule has 0 aliphatic carbocycles. The molecule has 0 radical (unpaired) electrons. The van der Waals surface area contributed by atoms with Crippen LogP contribution >= 0.6 is 0 Å². The van der Waals surface area contributed by atoms with Crippen molar-refractivity contribution in [2.45, 2.75) is 52.5 Å². The number of nitrogens with one attached hydrogen (secondary N) is 1. The van der Waals surface area contributed by atoms with Gasteiger partial charge in [0.25, 0.3) is 5.91 Å². The first-order chi connectivity index (χ1) is 20.4. The summed E-state index contributed by atoms with van der Waals surface area (Å²) in [6.07, 6.45) is 3.21. The van der Waals surface area contributed by atoms with Crippen molar-refractivity contribution >= 4 is 28.9 Å². The van der Waals surface area contributed by atoms with Crippen LogP contribution in [0.2, 0.25) is 0 Å². The van der Waals surface area contributed by atoms with Crippen LogP contribution in [0.5, 0.6) is 5.75 Å². The molecule has 1 heterocycles. The fourth-order valence-corrected chi connectivity index (χ4v) is 5.52. The summed E-state index contributed by atoms with van der Waals surface area (Å²) in [6.45, 7) is 5.50. The summed E-state index contributed by atoms with van der Waals surface area (Å²) in [5, 5.41) is 11.9. The summed E-state index contributed by atoms with van der Waals surface area (Å²) in [7, 11) is 0. The number of hydrogen-bond acceptors (Lipinski definition) is 4. The van der Waals surface area contributed by atoms with Crippen LogP contribution in [-0.2, 0) is 30.6 Å². The number of nitrogens with zero attached hydrogens (tertiary/aromatic N) is 1. The van der Waals surface area contributed by atoms with Gasteiger partial charge in [-0.25, -0.2) is 0 Å². The fraction of sp³-hybridized carbons (Fsp3) is 0.278. The first-order valence-corrected chi connectivity index (χ1v) is 14.7. The van der Waals surface area contributed by atoms with Gasteiger partial charge in [0.15, 0.2) is 0 Å². The molecule has 0 aromatic heterocycles. The average molecular weight is 563 g/mol. The van der Waals surface area contributed by atoms with Gasteiger partial charge in [-0.2, -0.15) is 0 Å². The van der Waals surface area contributed by atoms with Crippen molar-refractivity contribution in [2.75, 3.05) is 16.8 Å². The van der Waals surface area contributed by atoms with Crippen molar-refractivity contribution in [1.82, 2.24) is 0 Å². The lowest BCUT2D eigenvalue weighted by molar-refractivity contribution is -0.137. The Kier molecular flexibility index (Phi) is 9.22. The summed E-state index contributed by atoms with van der Waals surface area (Å²) in [6, 6.07) is 30.6. The molecule has 2 N–H and O–H groups in total. The van der Waals surface area contributed by atoms with Crippen LogP contribution in [0.3, 0.4) is 0 Å². The minimum absolute atomic E-state index is 0.0356. The van der Waals surface area contributed by atoms with Gasteiger partial charge in [0.1, 0.15) is 5.75 Å². The van der Waals surface area contributed by atoms with Crippen molar-refractivity contribution in [1.29, 1.82) is 0 Å². The number of carbonyl (C=O) groups excluding carboxylic acids is 1. The summed E-state index contributed by atoms with van der Waals surface area (Å²) in [5.41, 5.74) is 8.54. The molecule has 4 aromatic carbocycles. The monoisotopic (exact) mass is 562 g/mol. The molecule has 0 fully saturated rings. The Morgan fingerprint density at radius 3 is 2.29 bits per heavy atom. The van der Waals surface area contributed by atoms with E-state index in [4.69, 9.17) is 9.84 Å². The predicted octanol–water partition coefficient (Wildman–Crippen LogP) is 7.82. The van der Waals surface area contributed by atoms with E-state index in [-0.39, 0.29) is 18.9 Å². The van der Waals surface area contributed by atoms with Gasteiger partial charge in [-0.3, -0.25) is 9.59 Å². The maximum atomic E-state index is 13.4. The van der Waals surface area contributed by atoms with E-state index >= 15 is 0 Å². The van der Waals surface area contributed by atoms with Crippen LogP contribution in [0.25, 0.3) is 0 Å². The Labute approximate surface area is 248 Å². The Hall–Kier alpha value is -4.58. The van der Waals surface area contributed by atoms with Crippen molar-refractivity contribution in [3.8, 4) is 5.75 Å². The highest BCUT2D eigenvalue weighted by atomic mass is 16.5. The lowest BCUT2D eigenvalue weighted by Gasteiger charge is -2.28. The molecular formula is C36H38N2O4. The molecule has 42 heavy (non-hydrogen) atoms. The number of rotatable bonds is 11. The first-order valence-electron chi connectivity index (χ1n) is 14.7. The molecule has 1 aliphatic rings. The smallest absolute Gasteiger partial charge is 0.303 e. The van der Waals surface area contributed by atoms with Crippen LogP contribution < -0.4 is 15.0 Å². The van der Waals surface area contributed by atoms with Gasteiger partial charge in [0.05, 0.1) is 12.3 Å². The zero-order valence-corrected chi connectivity index (χ0v) is 24.3. The molecule has 1 aliphatic heterocycles. The minimum Gasteiger partial charge on any atom is -0.491 e. The Morgan fingerprint density at radius 1 is 0.857 bits per heavy atom. The van der Waals surface area contributed by atoms with Crippen molar-refractivity contribution in [3.05, 3.63) is 119 Å². The normalized spacial score (nSPS) is 12.3. The number of carboxylic acids is 1. The molecule has 0 bridgehead atoms. The number of carboxylic acid groups (broad SMARTS) is 1. The Morgan fingerprint density at radius 2 is 1.55 bits per heavy atom. The molecule has 0 atom stereocenters. The van der Waals surface area contributed by atoms with Gasteiger partial charge in [-0.1, -0.05) is 68.4 Å². The van der Waals surface area contributed by atoms with Crippen LogP contribution in [0.1, 0.15) is 59.3 Å². The Balaban J connectivity index is 1.41. The molecule has 6 heteroatoms. The summed E-state index contributed by atoms with van der Waals surface area (Å²) in [4.78, 5) is 26.6. The van der Waals surface area contributed by atoms with E-state index in [9.17, 15) is 9.59 Å². The van der Waals surface area contributed by atoms with Crippen molar-refractivity contribution < 1.29 is 19.4 Å². The fourth-order valence-electron chi connectivity index (χ4n) is 5.52. The number of hydrogen-bond donors (Lipinski definition) is 2. The summed E-state index contributed by atoms with van der Waals surface area (Å²) >= 11 is 0. The number of fused-ring (bicyclic) bond motifs is 2. The van der Waals surface area contributed by atoms with E-state index in [0.29, 0.717) is 29.3 Å². The molecule has 0 spiro atoms. The molecule has 0 saturated heterocycles. The number of ether oxygens (including phenoxy) is 1. The van der Waals surface area contributed by atoms with Crippen LogP contribution in [-0.4, -0.2) is 23.6 Å². The topological polar surface area (TPSA) is 78.9 Å². The van der Waals surface area contributed by atoms with Gasteiger partial charge >= 0.3 is 5.97 Å². The zero-order chi connectivity index (χ0) is 29.5. The lowest BCUT2D eigenvalue weighted by Crippen LogP contribution is -2.19. The zero-order valence-electron chi connectivity index (χ0n) is 24.3. The number of anilines is 3. The van der Waals surface area contributed by atoms with E-state index in [2.05, 4.69) is 72.6 Å². The number of carbonyl (C=O) groups is 2. The first kappa shape index (κ1) is 28.9.